The molecule has 5 nitrogen and oxygen atoms in total. The van der Waals surface area contributed by atoms with Gasteiger partial charge in [0.2, 0.25) is 0 Å². The average Bonchev–Trinajstić information content (AvgIpc) is 3.60. The van der Waals surface area contributed by atoms with Crippen molar-refractivity contribution in [2.45, 2.75) is 71.3 Å². The maximum absolute atomic E-state index is 12.7. The number of hydrogen-bond donors (Lipinski definition) is 1. The van der Waals surface area contributed by atoms with Gasteiger partial charge in [0.05, 0.1) is 6.54 Å². The van der Waals surface area contributed by atoms with E-state index >= 15 is 0 Å². The molecule has 1 atom stereocenters. The zero-order chi connectivity index (χ0) is 23.1. The van der Waals surface area contributed by atoms with Gasteiger partial charge in [-0.1, -0.05) is 24.6 Å². The number of carbonyl (C=O) groups excluding carboxylic acids is 1. The number of nitrogens with zero attached hydrogens (tertiary/aromatic N) is 2. The zero-order valence-electron chi connectivity index (χ0n) is 20.1. The Morgan fingerprint density at radius 1 is 1.22 bits per heavy atom. The smallest absolute Gasteiger partial charge is 0.325 e. The van der Waals surface area contributed by atoms with Crippen LogP contribution in [0, 0.1) is 0 Å². The van der Waals surface area contributed by atoms with E-state index in [1.165, 1.54) is 18.4 Å². The van der Waals surface area contributed by atoms with Gasteiger partial charge in [-0.3, -0.25) is 14.6 Å². The number of phenols is 1. The van der Waals surface area contributed by atoms with Gasteiger partial charge in [-0.05, 0) is 70.1 Å². The van der Waals surface area contributed by atoms with Gasteiger partial charge >= 0.3 is 5.97 Å². The largest absolute Gasteiger partial charge is 0.507 e. The van der Waals surface area contributed by atoms with Gasteiger partial charge in [0.15, 0.2) is 0 Å². The molecule has 3 aliphatic rings. The summed E-state index contributed by atoms with van der Waals surface area (Å²) in [4.78, 5) is 17.5. The first-order chi connectivity index (χ1) is 15.4. The van der Waals surface area contributed by atoms with Crippen molar-refractivity contribution in [2.24, 2.45) is 0 Å². The van der Waals surface area contributed by atoms with Crippen LogP contribution in [0.25, 0.3) is 0 Å². The molecule has 1 saturated carbocycles. The molecule has 1 unspecified atom stereocenters. The maximum Gasteiger partial charge on any atom is 0.325 e. The summed E-state index contributed by atoms with van der Waals surface area (Å²) in [6.45, 7) is 13.7. The lowest BCUT2D eigenvalue weighted by molar-refractivity contribution is -0.136. The SMILES string of the molecule is C=CC.CCc1cc(O)c(C2C=C(C)CCC2)c(OC(=O)CN2CCN(C3CC3)CC2)c1. The molecule has 0 bridgehead atoms. The van der Waals surface area contributed by atoms with Crippen molar-refractivity contribution in [3.63, 3.8) is 0 Å². The quantitative estimate of drug-likeness (QED) is 0.381. The molecule has 1 N–H and O–H groups in total. The van der Waals surface area contributed by atoms with E-state index in [4.69, 9.17) is 4.74 Å². The lowest BCUT2D eigenvalue weighted by atomic mass is 9.84. The van der Waals surface area contributed by atoms with E-state index in [9.17, 15) is 9.90 Å². The highest BCUT2D eigenvalue weighted by Gasteiger charge is 2.32. The van der Waals surface area contributed by atoms with Crippen LogP contribution in [0.5, 0.6) is 11.5 Å². The molecule has 0 aromatic heterocycles. The van der Waals surface area contributed by atoms with E-state index in [0.29, 0.717) is 12.3 Å². The fourth-order valence-corrected chi connectivity index (χ4v) is 4.73. The molecule has 4 rings (SSSR count). The Labute approximate surface area is 193 Å². The van der Waals surface area contributed by atoms with Crippen LogP contribution in [-0.4, -0.2) is 59.6 Å². The Bertz CT molecular complexity index is 820. The third kappa shape index (κ3) is 6.69. The normalized spacial score (nSPS) is 21.8. The number of aromatic hydroxyl groups is 1. The molecule has 1 saturated heterocycles. The number of hydrogen-bond acceptors (Lipinski definition) is 5. The van der Waals surface area contributed by atoms with Crippen LogP contribution in [0.15, 0.2) is 36.4 Å². The molecule has 1 aliphatic heterocycles. The average molecular weight is 441 g/mol. The van der Waals surface area contributed by atoms with Gasteiger partial charge in [-0.2, -0.15) is 0 Å². The molecule has 0 radical (unpaired) electrons. The Kier molecular flexibility index (Phi) is 8.94. The summed E-state index contributed by atoms with van der Waals surface area (Å²) in [5, 5.41) is 10.7. The number of carbonyl (C=O) groups is 1. The lowest BCUT2D eigenvalue weighted by Crippen LogP contribution is -2.49. The highest BCUT2D eigenvalue weighted by molar-refractivity contribution is 5.75. The summed E-state index contributed by atoms with van der Waals surface area (Å²) in [6.07, 6.45) is 10.6. The number of benzene rings is 1. The van der Waals surface area contributed by atoms with Gasteiger partial charge in [0.1, 0.15) is 11.5 Å². The molecular formula is C27H40N2O3. The predicted octanol–water partition coefficient (Wildman–Crippen LogP) is 5.05. The Hall–Kier alpha value is -2.11. The minimum absolute atomic E-state index is 0.111. The molecule has 176 valence electrons. The second-order valence-electron chi connectivity index (χ2n) is 9.32. The fraction of sp³-hybridized carbons (Fsp3) is 0.593. The first-order valence-corrected chi connectivity index (χ1v) is 12.2. The molecule has 0 spiro atoms. The summed E-state index contributed by atoms with van der Waals surface area (Å²) in [5.41, 5.74) is 3.10. The lowest BCUT2D eigenvalue weighted by Gasteiger charge is -2.34. The van der Waals surface area contributed by atoms with Gasteiger partial charge in [-0.15, -0.1) is 6.58 Å². The third-order valence-electron chi connectivity index (χ3n) is 6.58. The van der Waals surface area contributed by atoms with Crippen molar-refractivity contribution in [3.05, 3.63) is 47.6 Å². The van der Waals surface area contributed by atoms with Crippen LogP contribution in [0.2, 0.25) is 0 Å². The minimum Gasteiger partial charge on any atom is -0.507 e. The van der Waals surface area contributed by atoms with Gasteiger partial charge < -0.3 is 9.84 Å². The number of ether oxygens (including phenoxy) is 1. The monoisotopic (exact) mass is 440 g/mol. The third-order valence-corrected chi connectivity index (χ3v) is 6.58. The summed E-state index contributed by atoms with van der Waals surface area (Å²) in [6, 6.07) is 4.55. The Morgan fingerprint density at radius 2 is 1.91 bits per heavy atom. The Balaban J connectivity index is 0.000000913. The first kappa shape index (κ1) is 24.5. The van der Waals surface area contributed by atoms with Crippen molar-refractivity contribution in [1.82, 2.24) is 9.80 Å². The van der Waals surface area contributed by atoms with Crippen molar-refractivity contribution in [2.75, 3.05) is 32.7 Å². The molecule has 1 aromatic carbocycles. The molecule has 1 heterocycles. The topological polar surface area (TPSA) is 53.0 Å². The number of aryl methyl sites for hydroxylation is 1. The summed E-state index contributed by atoms with van der Waals surface area (Å²) in [5.74, 6) is 0.676. The Morgan fingerprint density at radius 3 is 2.50 bits per heavy atom. The number of rotatable bonds is 6. The molecule has 1 aromatic rings. The summed E-state index contributed by atoms with van der Waals surface area (Å²) >= 11 is 0. The van der Waals surface area contributed by atoms with Crippen LogP contribution in [0.4, 0.5) is 0 Å². The zero-order valence-corrected chi connectivity index (χ0v) is 20.1. The van der Waals surface area contributed by atoms with E-state index in [0.717, 1.165) is 69.0 Å². The first-order valence-electron chi connectivity index (χ1n) is 12.2. The van der Waals surface area contributed by atoms with Crippen molar-refractivity contribution in [1.29, 1.82) is 0 Å². The van der Waals surface area contributed by atoms with Crippen molar-refractivity contribution in [3.8, 4) is 11.5 Å². The van der Waals surface area contributed by atoms with E-state index < -0.39 is 0 Å². The van der Waals surface area contributed by atoms with Gasteiger partial charge in [0, 0.05) is 43.7 Å². The summed E-state index contributed by atoms with van der Waals surface area (Å²) < 4.78 is 5.86. The molecule has 5 heteroatoms. The van der Waals surface area contributed by atoms with E-state index in [1.54, 1.807) is 6.08 Å². The number of esters is 1. The molecule has 2 aliphatic carbocycles. The molecule has 32 heavy (non-hydrogen) atoms. The second kappa shape index (κ2) is 11.7. The van der Waals surface area contributed by atoms with Crippen LogP contribution >= 0.6 is 0 Å². The van der Waals surface area contributed by atoms with Crippen molar-refractivity contribution < 1.29 is 14.6 Å². The van der Waals surface area contributed by atoms with Crippen LogP contribution < -0.4 is 4.74 Å². The van der Waals surface area contributed by atoms with E-state index in [-0.39, 0.29) is 17.6 Å². The van der Waals surface area contributed by atoms with Crippen molar-refractivity contribution >= 4 is 5.97 Å². The molecular weight excluding hydrogens is 400 g/mol. The summed E-state index contributed by atoms with van der Waals surface area (Å²) in [7, 11) is 0. The fourth-order valence-electron chi connectivity index (χ4n) is 4.73. The number of piperazine rings is 1. The highest BCUT2D eigenvalue weighted by Crippen LogP contribution is 2.42. The van der Waals surface area contributed by atoms with E-state index in [1.807, 2.05) is 26.0 Å². The minimum atomic E-state index is -0.227. The second-order valence-corrected chi connectivity index (χ2v) is 9.32. The molecule has 0 amide bonds. The van der Waals surface area contributed by atoms with E-state index in [2.05, 4.69) is 29.4 Å². The number of phenolic OH excluding ortho intramolecular Hbond substituents is 1. The highest BCUT2D eigenvalue weighted by atomic mass is 16.5. The predicted molar refractivity (Wildman–Crippen MR) is 130 cm³/mol. The van der Waals surface area contributed by atoms with Crippen LogP contribution in [0.1, 0.15) is 69.9 Å². The maximum atomic E-state index is 12.7. The standard InChI is InChI=1S/C24H34N2O3.C3H6/c1-3-18-14-21(27)24(19-6-4-5-17(2)13-19)22(15-18)29-23(28)16-25-9-11-26(12-10-25)20-7-8-20;1-3-2/h13-15,19-20,27H,3-12,16H2,1-2H3;3H,1H2,2H3. The number of allylic oxidation sites excluding steroid dienone is 3. The van der Waals surface area contributed by atoms with Gasteiger partial charge in [-0.25, -0.2) is 0 Å². The van der Waals surface area contributed by atoms with Crippen LogP contribution in [0.3, 0.4) is 0 Å². The van der Waals surface area contributed by atoms with Crippen LogP contribution in [-0.2, 0) is 11.2 Å². The molecule has 2 fully saturated rings. The van der Waals surface area contributed by atoms with Gasteiger partial charge in [0.25, 0.3) is 0 Å².